The van der Waals surface area contributed by atoms with Gasteiger partial charge in [0.25, 0.3) is 5.91 Å². The van der Waals surface area contributed by atoms with Crippen LogP contribution >= 0.6 is 0 Å². The van der Waals surface area contributed by atoms with E-state index in [1.807, 2.05) is 30.3 Å². The average molecular weight is 286 g/mol. The zero-order valence-electron chi connectivity index (χ0n) is 11.6. The Morgan fingerprint density at radius 2 is 1.76 bits per heavy atom. The first kappa shape index (κ1) is 14.9. The molecule has 0 aromatic heterocycles. The van der Waals surface area contributed by atoms with Crippen molar-refractivity contribution < 1.29 is 15.0 Å². The SMILES string of the molecule is NCCCN(C(=O)c1cccc(O)c1O)c1ccccc1. The number of phenols is 2. The molecule has 0 saturated heterocycles. The van der Waals surface area contributed by atoms with E-state index in [1.165, 1.54) is 18.2 Å². The van der Waals surface area contributed by atoms with Crippen molar-refractivity contribution in [2.24, 2.45) is 5.73 Å². The van der Waals surface area contributed by atoms with Gasteiger partial charge in [-0.1, -0.05) is 24.3 Å². The third-order valence-corrected chi connectivity index (χ3v) is 3.14. The third-order valence-electron chi connectivity index (χ3n) is 3.14. The van der Waals surface area contributed by atoms with Gasteiger partial charge in [0.2, 0.25) is 0 Å². The van der Waals surface area contributed by atoms with Crippen molar-refractivity contribution in [1.29, 1.82) is 0 Å². The van der Waals surface area contributed by atoms with Gasteiger partial charge >= 0.3 is 0 Å². The van der Waals surface area contributed by atoms with Crippen molar-refractivity contribution in [3.8, 4) is 11.5 Å². The van der Waals surface area contributed by atoms with Gasteiger partial charge in [0.05, 0.1) is 5.56 Å². The molecule has 2 aromatic carbocycles. The summed E-state index contributed by atoms with van der Waals surface area (Å²) in [6.45, 7) is 0.900. The van der Waals surface area contributed by atoms with E-state index in [0.29, 0.717) is 19.5 Å². The molecule has 2 aromatic rings. The van der Waals surface area contributed by atoms with Crippen LogP contribution in [0.4, 0.5) is 5.69 Å². The van der Waals surface area contributed by atoms with Crippen LogP contribution in [0.15, 0.2) is 48.5 Å². The van der Waals surface area contributed by atoms with Crippen molar-refractivity contribution in [3.05, 3.63) is 54.1 Å². The van der Waals surface area contributed by atoms with Crippen molar-refractivity contribution >= 4 is 11.6 Å². The number of aromatic hydroxyl groups is 2. The molecule has 0 bridgehead atoms. The van der Waals surface area contributed by atoms with Gasteiger partial charge < -0.3 is 20.8 Å². The van der Waals surface area contributed by atoms with Crippen LogP contribution in [0.3, 0.4) is 0 Å². The molecule has 4 N–H and O–H groups in total. The van der Waals surface area contributed by atoms with E-state index in [-0.39, 0.29) is 17.2 Å². The number of hydrogen-bond acceptors (Lipinski definition) is 4. The normalized spacial score (nSPS) is 10.3. The number of para-hydroxylation sites is 2. The van der Waals surface area contributed by atoms with E-state index in [4.69, 9.17) is 5.73 Å². The lowest BCUT2D eigenvalue weighted by Gasteiger charge is -2.23. The van der Waals surface area contributed by atoms with Crippen LogP contribution in [0.1, 0.15) is 16.8 Å². The summed E-state index contributed by atoms with van der Waals surface area (Å²) >= 11 is 0. The number of amides is 1. The predicted octanol–water partition coefficient (Wildman–Crippen LogP) is 2.09. The summed E-state index contributed by atoms with van der Waals surface area (Å²) < 4.78 is 0. The monoisotopic (exact) mass is 286 g/mol. The number of rotatable bonds is 5. The minimum absolute atomic E-state index is 0.0656. The van der Waals surface area contributed by atoms with Gasteiger partial charge in [0, 0.05) is 12.2 Å². The minimum Gasteiger partial charge on any atom is -0.504 e. The van der Waals surface area contributed by atoms with Gasteiger partial charge in [-0.2, -0.15) is 0 Å². The van der Waals surface area contributed by atoms with Gasteiger partial charge in [0.15, 0.2) is 11.5 Å². The number of anilines is 1. The highest BCUT2D eigenvalue weighted by molar-refractivity contribution is 6.08. The maximum atomic E-state index is 12.6. The largest absolute Gasteiger partial charge is 0.504 e. The molecule has 0 aliphatic rings. The maximum Gasteiger partial charge on any atom is 0.262 e. The van der Waals surface area contributed by atoms with Crippen LogP contribution in [-0.4, -0.2) is 29.2 Å². The molecular weight excluding hydrogens is 268 g/mol. The molecule has 1 amide bonds. The maximum absolute atomic E-state index is 12.6. The van der Waals surface area contributed by atoms with Crippen molar-refractivity contribution in [2.45, 2.75) is 6.42 Å². The molecule has 110 valence electrons. The van der Waals surface area contributed by atoms with E-state index in [1.54, 1.807) is 4.90 Å². The first-order valence-corrected chi connectivity index (χ1v) is 6.73. The van der Waals surface area contributed by atoms with E-state index in [9.17, 15) is 15.0 Å². The molecule has 0 aliphatic heterocycles. The first-order valence-electron chi connectivity index (χ1n) is 6.73. The third kappa shape index (κ3) is 3.32. The number of carbonyl (C=O) groups excluding carboxylic acids is 1. The van der Waals surface area contributed by atoms with Crippen LogP contribution in [0.5, 0.6) is 11.5 Å². The lowest BCUT2D eigenvalue weighted by molar-refractivity contribution is 0.0983. The molecule has 0 atom stereocenters. The highest BCUT2D eigenvalue weighted by Crippen LogP contribution is 2.30. The van der Waals surface area contributed by atoms with Crippen molar-refractivity contribution in [3.63, 3.8) is 0 Å². The molecule has 0 fully saturated rings. The van der Waals surface area contributed by atoms with Crippen molar-refractivity contribution in [1.82, 2.24) is 0 Å². The summed E-state index contributed by atoms with van der Waals surface area (Å²) in [5.74, 6) is -1.09. The molecule has 0 radical (unpaired) electrons. The van der Waals surface area contributed by atoms with Crippen LogP contribution in [0.25, 0.3) is 0 Å². The first-order chi connectivity index (χ1) is 10.1. The summed E-state index contributed by atoms with van der Waals surface area (Å²) in [5.41, 5.74) is 6.31. The predicted molar refractivity (Wildman–Crippen MR) is 81.6 cm³/mol. The number of hydrogen-bond donors (Lipinski definition) is 3. The van der Waals surface area contributed by atoms with Crippen LogP contribution in [0.2, 0.25) is 0 Å². The summed E-state index contributed by atoms with van der Waals surface area (Å²) in [6.07, 6.45) is 0.639. The van der Waals surface area contributed by atoms with E-state index < -0.39 is 5.75 Å². The average Bonchev–Trinajstić information content (AvgIpc) is 2.51. The van der Waals surface area contributed by atoms with Gasteiger partial charge in [-0.25, -0.2) is 0 Å². The van der Waals surface area contributed by atoms with Gasteiger partial charge in [-0.05, 0) is 37.2 Å². The lowest BCUT2D eigenvalue weighted by atomic mass is 10.1. The summed E-state index contributed by atoms with van der Waals surface area (Å²) in [6, 6.07) is 13.5. The molecule has 0 aliphatic carbocycles. The van der Waals surface area contributed by atoms with E-state index >= 15 is 0 Å². The smallest absolute Gasteiger partial charge is 0.262 e. The van der Waals surface area contributed by atoms with Gasteiger partial charge in [0.1, 0.15) is 0 Å². The molecule has 5 heteroatoms. The van der Waals surface area contributed by atoms with Gasteiger partial charge in [-0.3, -0.25) is 4.79 Å². The Morgan fingerprint density at radius 3 is 2.43 bits per heavy atom. The molecule has 21 heavy (non-hydrogen) atoms. The Morgan fingerprint density at radius 1 is 1.05 bits per heavy atom. The summed E-state index contributed by atoms with van der Waals surface area (Å²) in [4.78, 5) is 14.2. The summed E-state index contributed by atoms with van der Waals surface area (Å²) in [7, 11) is 0. The number of nitrogens with two attached hydrogens (primary N) is 1. The fourth-order valence-corrected chi connectivity index (χ4v) is 2.05. The van der Waals surface area contributed by atoms with E-state index in [2.05, 4.69) is 0 Å². The van der Waals surface area contributed by atoms with Crippen LogP contribution < -0.4 is 10.6 Å². The second-order valence-electron chi connectivity index (χ2n) is 4.61. The van der Waals surface area contributed by atoms with E-state index in [0.717, 1.165) is 5.69 Å². The molecule has 2 rings (SSSR count). The topological polar surface area (TPSA) is 86.8 Å². The Kier molecular flexibility index (Phi) is 4.79. The Hall–Kier alpha value is -2.53. The molecule has 0 unspecified atom stereocenters. The zero-order valence-corrected chi connectivity index (χ0v) is 11.6. The second-order valence-corrected chi connectivity index (χ2v) is 4.61. The number of nitrogens with zero attached hydrogens (tertiary/aromatic N) is 1. The molecular formula is C16H18N2O3. The fourth-order valence-electron chi connectivity index (χ4n) is 2.05. The minimum atomic E-state index is -0.406. The standard InChI is InChI=1S/C16H18N2O3/c17-10-5-11-18(12-6-2-1-3-7-12)16(21)13-8-4-9-14(19)15(13)20/h1-4,6-9,19-20H,5,10-11,17H2. The number of phenolic OH excluding ortho intramolecular Hbond substituents is 2. The van der Waals surface area contributed by atoms with Crippen LogP contribution in [0, 0.1) is 0 Å². The van der Waals surface area contributed by atoms with Gasteiger partial charge in [-0.15, -0.1) is 0 Å². The summed E-state index contributed by atoms with van der Waals surface area (Å²) in [5, 5.41) is 19.4. The highest BCUT2D eigenvalue weighted by Gasteiger charge is 2.21. The molecule has 0 spiro atoms. The van der Waals surface area contributed by atoms with Crippen molar-refractivity contribution in [2.75, 3.05) is 18.0 Å². The second kappa shape index (κ2) is 6.76. The number of benzene rings is 2. The Labute approximate surface area is 123 Å². The fraction of sp³-hybridized carbons (Fsp3) is 0.188. The lowest BCUT2D eigenvalue weighted by Crippen LogP contribution is -2.33. The Bertz CT molecular complexity index is 614. The highest BCUT2D eigenvalue weighted by atomic mass is 16.3. The molecule has 5 nitrogen and oxygen atoms in total. The Balaban J connectivity index is 2.36. The molecule has 0 saturated carbocycles. The van der Waals surface area contributed by atoms with Crippen LogP contribution in [-0.2, 0) is 0 Å². The zero-order chi connectivity index (χ0) is 15.2. The number of carbonyl (C=O) groups is 1. The molecule has 0 heterocycles. The quantitative estimate of drug-likeness (QED) is 0.735.